The van der Waals surface area contributed by atoms with E-state index in [2.05, 4.69) is 4.36 Å². The summed E-state index contributed by atoms with van der Waals surface area (Å²) in [7, 11) is -2.45. The summed E-state index contributed by atoms with van der Waals surface area (Å²) in [6.07, 6.45) is 1.63. The van der Waals surface area contributed by atoms with Gasteiger partial charge < -0.3 is 0 Å². The van der Waals surface area contributed by atoms with Crippen molar-refractivity contribution in [2.24, 2.45) is 4.36 Å². The molecule has 1 aromatic carbocycles. The van der Waals surface area contributed by atoms with E-state index in [1.165, 1.54) is 0 Å². The minimum atomic E-state index is -2.45. The summed E-state index contributed by atoms with van der Waals surface area (Å²) in [5.74, 6) is -0.704. The van der Waals surface area contributed by atoms with Crippen molar-refractivity contribution in [3.63, 3.8) is 0 Å². The molecule has 0 spiro atoms. The first-order chi connectivity index (χ1) is 8.11. The molecule has 1 aliphatic rings. The van der Waals surface area contributed by atoms with Gasteiger partial charge in [-0.15, -0.1) is 0 Å². The van der Waals surface area contributed by atoms with Gasteiger partial charge in [0, 0.05) is 17.1 Å². The fourth-order valence-electron chi connectivity index (χ4n) is 1.75. The molecule has 1 fully saturated rings. The first-order valence-electron chi connectivity index (χ1n) is 5.47. The van der Waals surface area contributed by atoms with Gasteiger partial charge in [0.2, 0.25) is 0 Å². The van der Waals surface area contributed by atoms with Crippen LogP contribution in [0.15, 0.2) is 34.7 Å². The second-order valence-electron chi connectivity index (χ2n) is 3.98. The van der Waals surface area contributed by atoms with Gasteiger partial charge in [-0.3, -0.25) is 9.59 Å². The first-order valence-corrected chi connectivity index (χ1v) is 7.32. The van der Waals surface area contributed by atoms with Crippen molar-refractivity contribution in [3.05, 3.63) is 35.9 Å². The van der Waals surface area contributed by atoms with Crippen LogP contribution in [0, 0.1) is 0 Å². The Kier molecular flexibility index (Phi) is 3.38. The number of carbonyl (C=O) groups is 2. The van der Waals surface area contributed by atoms with Crippen LogP contribution in [0.4, 0.5) is 0 Å². The van der Waals surface area contributed by atoms with Crippen molar-refractivity contribution in [1.82, 2.24) is 0 Å². The molecular weight excluding hydrogens is 238 g/mol. The van der Waals surface area contributed by atoms with E-state index in [1.54, 1.807) is 30.3 Å². The van der Waals surface area contributed by atoms with E-state index in [0.29, 0.717) is 17.1 Å². The molecule has 0 atom stereocenters. The summed E-state index contributed by atoms with van der Waals surface area (Å²) in [4.78, 5) is 23.3. The van der Waals surface area contributed by atoms with Gasteiger partial charge in [-0.2, -0.15) is 4.36 Å². The lowest BCUT2D eigenvalue weighted by atomic mass is 10.1. The fraction of sp³-hybridized carbons (Fsp3) is 0.333. The highest BCUT2D eigenvalue weighted by Crippen LogP contribution is 2.14. The van der Waals surface area contributed by atoms with Crippen LogP contribution in [-0.2, 0) is 14.5 Å². The smallest absolute Gasteiger partial charge is 0.283 e. The molecule has 5 heteroatoms. The summed E-state index contributed by atoms with van der Waals surface area (Å²) in [6.45, 7) is 0. The maximum Gasteiger partial charge on any atom is 0.326 e. The Balaban J connectivity index is 2.22. The van der Waals surface area contributed by atoms with Gasteiger partial charge in [-0.1, -0.05) is 30.3 Å². The number of ketones is 1. The van der Waals surface area contributed by atoms with Gasteiger partial charge in [0.05, 0.1) is 9.73 Å². The number of Topliss-reactive ketones (excluding diaryl/α,β-unsaturated/α-hetero) is 1. The Hall–Kier alpha value is -1.49. The molecule has 90 valence electrons. The van der Waals surface area contributed by atoms with E-state index < -0.39 is 21.4 Å². The third kappa shape index (κ3) is 2.79. The van der Waals surface area contributed by atoms with Crippen LogP contribution in [0.1, 0.15) is 23.2 Å². The van der Waals surface area contributed by atoms with Gasteiger partial charge in [0.15, 0.2) is 0 Å². The number of benzene rings is 1. The summed E-state index contributed by atoms with van der Waals surface area (Å²) in [6, 6.07) is 8.22. The summed E-state index contributed by atoms with van der Waals surface area (Å²) in [5, 5.41) is 0. The Morgan fingerprint density at radius 1 is 1.06 bits per heavy atom. The second-order valence-corrected chi connectivity index (χ2v) is 6.52. The normalized spacial score (nSPS) is 17.6. The van der Waals surface area contributed by atoms with Gasteiger partial charge in [-0.25, -0.2) is 4.21 Å². The first kappa shape index (κ1) is 12.0. The number of amides is 1. The fourth-order valence-corrected chi connectivity index (χ4v) is 3.84. The van der Waals surface area contributed by atoms with Gasteiger partial charge >= 0.3 is 5.91 Å². The topological polar surface area (TPSA) is 63.6 Å². The Morgan fingerprint density at radius 3 is 2.24 bits per heavy atom. The van der Waals surface area contributed by atoms with Gasteiger partial charge in [0.25, 0.3) is 5.78 Å². The zero-order valence-electron chi connectivity index (χ0n) is 9.30. The standard InChI is InChI=1S/C12H13NO3S/c14-11(10-6-2-1-3-7-10)12(15)13-17(16)8-4-5-9-17/h1-3,6-7H,4-5,8-9H2. The molecule has 0 aromatic heterocycles. The molecule has 1 heterocycles. The number of carbonyl (C=O) groups excluding carboxylic acids is 2. The third-order valence-corrected chi connectivity index (χ3v) is 5.01. The molecule has 2 rings (SSSR count). The number of hydrogen-bond acceptors (Lipinski definition) is 3. The Bertz CT molecular complexity index is 544. The molecule has 0 unspecified atom stereocenters. The maximum atomic E-state index is 12.0. The Labute approximate surface area is 100 Å². The summed E-state index contributed by atoms with van der Waals surface area (Å²) in [5.41, 5.74) is 0.294. The van der Waals surface area contributed by atoms with Crippen molar-refractivity contribution in [3.8, 4) is 0 Å². The molecule has 1 aliphatic heterocycles. The lowest BCUT2D eigenvalue weighted by Gasteiger charge is -1.99. The van der Waals surface area contributed by atoms with E-state index in [9.17, 15) is 13.8 Å². The van der Waals surface area contributed by atoms with E-state index in [1.807, 2.05) is 0 Å². The van der Waals surface area contributed by atoms with Crippen LogP contribution < -0.4 is 0 Å². The molecule has 0 bridgehead atoms. The van der Waals surface area contributed by atoms with Crippen LogP contribution in [0.25, 0.3) is 0 Å². The van der Waals surface area contributed by atoms with E-state index >= 15 is 0 Å². The lowest BCUT2D eigenvalue weighted by molar-refractivity contribution is -0.113. The van der Waals surface area contributed by atoms with E-state index in [-0.39, 0.29) is 0 Å². The zero-order valence-corrected chi connectivity index (χ0v) is 10.1. The van der Waals surface area contributed by atoms with Crippen molar-refractivity contribution in [2.45, 2.75) is 12.8 Å². The third-order valence-electron chi connectivity index (χ3n) is 2.66. The maximum absolute atomic E-state index is 12.0. The molecule has 4 nitrogen and oxygen atoms in total. The van der Waals surface area contributed by atoms with Gasteiger partial charge in [-0.05, 0) is 12.8 Å². The minimum Gasteiger partial charge on any atom is -0.283 e. The van der Waals surface area contributed by atoms with E-state index in [4.69, 9.17) is 0 Å². The monoisotopic (exact) mass is 251 g/mol. The highest BCUT2D eigenvalue weighted by Gasteiger charge is 2.22. The molecular formula is C12H13NO3S. The predicted octanol–water partition coefficient (Wildman–Crippen LogP) is 1.66. The molecule has 1 aromatic rings. The van der Waals surface area contributed by atoms with Crippen molar-refractivity contribution < 1.29 is 13.8 Å². The van der Waals surface area contributed by atoms with Crippen LogP contribution in [0.2, 0.25) is 0 Å². The largest absolute Gasteiger partial charge is 0.326 e. The average Bonchev–Trinajstić information content (AvgIpc) is 2.76. The zero-order chi connectivity index (χ0) is 12.3. The number of hydrogen-bond donors (Lipinski definition) is 0. The molecule has 1 saturated heterocycles. The lowest BCUT2D eigenvalue weighted by Crippen LogP contribution is -2.15. The van der Waals surface area contributed by atoms with Crippen LogP contribution in [0.3, 0.4) is 0 Å². The average molecular weight is 251 g/mol. The molecule has 0 radical (unpaired) electrons. The molecule has 0 aliphatic carbocycles. The van der Waals surface area contributed by atoms with Crippen LogP contribution in [0.5, 0.6) is 0 Å². The predicted molar refractivity (Wildman–Crippen MR) is 65.3 cm³/mol. The molecule has 0 N–H and O–H groups in total. The number of nitrogens with zero attached hydrogens (tertiary/aromatic N) is 1. The van der Waals surface area contributed by atoms with Crippen molar-refractivity contribution >= 4 is 21.4 Å². The summed E-state index contributed by atoms with van der Waals surface area (Å²) < 4.78 is 15.6. The summed E-state index contributed by atoms with van der Waals surface area (Å²) >= 11 is 0. The van der Waals surface area contributed by atoms with Crippen LogP contribution in [-0.4, -0.2) is 27.4 Å². The minimum absolute atomic E-state index is 0.294. The van der Waals surface area contributed by atoms with E-state index in [0.717, 1.165) is 12.8 Å². The number of rotatable bonds is 2. The molecule has 1 amide bonds. The van der Waals surface area contributed by atoms with Crippen molar-refractivity contribution in [2.75, 3.05) is 11.5 Å². The SMILES string of the molecule is O=C(N=S1(=O)CCCC1)C(=O)c1ccccc1. The Morgan fingerprint density at radius 2 is 1.65 bits per heavy atom. The highest BCUT2D eigenvalue weighted by atomic mass is 32.2. The van der Waals surface area contributed by atoms with Gasteiger partial charge in [0.1, 0.15) is 0 Å². The van der Waals surface area contributed by atoms with Crippen molar-refractivity contribution in [1.29, 1.82) is 0 Å². The second kappa shape index (κ2) is 4.79. The van der Waals surface area contributed by atoms with Crippen LogP contribution >= 0.6 is 0 Å². The highest BCUT2D eigenvalue weighted by molar-refractivity contribution is 7.94. The quantitative estimate of drug-likeness (QED) is 0.593. The molecule has 0 saturated carbocycles. The molecule has 17 heavy (non-hydrogen) atoms.